The van der Waals surface area contributed by atoms with Crippen LogP contribution in [0.15, 0.2) is 52.5 Å². The molecule has 8 nitrogen and oxygen atoms in total. The first kappa shape index (κ1) is 23.8. The fourth-order valence-electron chi connectivity index (χ4n) is 3.38. The van der Waals surface area contributed by atoms with Gasteiger partial charge < -0.3 is 9.88 Å². The lowest BCUT2D eigenvalue weighted by molar-refractivity contribution is -0.113. The predicted molar refractivity (Wildman–Crippen MR) is 126 cm³/mol. The van der Waals surface area contributed by atoms with Crippen LogP contribution in [0.4, 0.5) is 5.69 Å². The van der Waals surface area contributed by atoms with Gasteiger partial charge in [0.05, 0.1) is 32.9 Å². The number of thioether (sulfide) groups is 1. The van der Waals surface area contributed by atoms with Crippen molar-refractivity contribution in [1.82, 2.24) is 13.9 Å². The molecule has 1 heterocycles. The van der Waals surface area contributed by atoms with Crippen LogP contribution in [0.2, 0.25) is 0 Å². The SMILES string of the molecule is CCN(CC)S(=O)(=O)c1ccc2c(c1)nc(SCC(=O)Nc1ccccc1C#N)n2CC. The highest BCUT2D eigenvalue weighted by molar-refractivity contribution is 7.99. The standard InChI is InChI=1S/C22H25N5O3S2/c1-4-26(5-2)32(29,30)17-11-12-20-19(13-17)25-22(27(20)6-3)31-15-21(28)24-18-10-8-7-9-16(18)14-23/h7-13H,4-6,15H2,1-3H3,(H,24,28). The zero-order valence-corrected chi connectivity index (χ0v) is 19.8. The molecule has 168 valence electrons. The molecule has 0 spiro atoms. The van der Waals surface area contributed by atoms with Gasteiger partial charge in [0.25, 0.3) is 0 Å². The number of nitrogens with one attached hydrogen (secondary N) is 1. The van der Waals surface area contributed by atoms with Gasteiger partial charge in [-0.3, -0.25) is 4.79 Å². The average Bonchev–Trinajstić information content (AvgIpc) is 3.15. The number of benzene rings is 2. The van der Waals surface area contributed by atoms with E-state index in [1.807, 2.05) is 11.5 Å². The molecule has 0 bridgehead atoms. The zero-order valence-electron chi connectivity index (χ0n) is 18.2. The molecule has 0 radical (unpaired) electrons. The van der Waals surface area contributed by atoms with Crippen molar-refractivity contribution < 1.29 is 13.2 Å². The number of anilines is 1. The number of sulfonamides is 1. The summed E-state index contributed by atoms with van der Waals surface area (Å²) in [6.45, 7) is 6.99. The Bertz CT molecular complexity index is 1270. The summed E-state index contributed by atoms with van der Waals surface area (Å²) in [6.07, 6.45) is 0. The van der Waals surface area contributed by atoms with Crippen LogP contribution >= 0.6 is 11.8 Å². The van der Waals surface area contributed by atoms with Gasteiger partial charge in [0, 0.05) is 19.6 Å². The van der Waals surface area contributed by atoms with Crippen molar-refractivity contribution in [3.05, 3.63) is 48.0 Å². The highest BCUT2D eigenvalue weighted by Gasteiger charge is 2.23. The quantitative estimate of drug-likeness (QED) is 0.477. The van der Waals surface area contributed by atoms with Crippen molar-refractivity contribution in [3.63, 3.8) is 0 Å². The Labute approximate surface area is 192 Å². The first-order valence-electron chi connectivity index (χ1n) is 10.3. The number of para-hydroxylation sites is 1. The molecule has 0 aliphatic rings. The number of carbonyl (C=O) groups is 1. The maximum absolute atomic E-state index is 12.9. The van der Waals surface area contributed by atoms with Gasteiger partial charge in [-0.15, -0.1) is 0 Å². The Balaban J connectivity index is 1.83. The zero-order chi connectivity index (χ0) is 23.3. The molecule has 0 unspecified atom stereocenters. The van der Waals surface area contributed by atoms with Gasteiger partial charge in [0.2, 0.25) is 15.9 Å². The van der Waals surface area contributed by atoms with Gasteiger partial charge in [0.15, 0.2) is 5.16 Å². The Morgan fingerprint density at radius 3 is 2.56 bits per heavy atom. The minimum atomic E-state index is -3.58. The molecule has 0 atom stereocenters. The van der Waals surface area contributed by atoms with Crippen molar-refractivity contribution in [3.8, 4) is 6.07 Å². The summed E-state index contributed by atoms with van der Waals surface area (Å²) >= 11 is 1.26. The van der Waals surface area contributed by atoms with E-state index in [-0.39, 0.29) is 16.6 Å². The predicted octanol–water partition coefficient (Wildman–Crippen LogP) is 3.69. The smallest absolute Gasteiger partial charge is 0.243 e. The number of hydrogen-bond donors (Lipinski definition) is 1. The first-order chi connectivity index (χ1) is 15.3. The molecule has 0 aliphatic carbocycles. The average molecular weight is 472 g/mol. The molecule has 3 rings (SSSR count). The van der Waals surface area contributed by atoms with Gasteiger partial charge in [-0.25, -0.2) is 13.4 Å². The number of amides is 1. The topological polar surface area (TPSA) is 108 Å². The lowest BCUT2D eigenvalue weighted by atomic mass is 10.2. The third-order valence-corrected chi connectivity index (χ3v) is 8.02. The molecule has 0 aliphatic heterocycles. The fourth-order valence-corrected chi connectivity index (χ4v) is 5.74. The molecule has 1 amide bonds. The first-order valence-corrected chi connectivity index (χ1v) is 12.7. The largest absolute Gasteiger partial charge is 0.324 e. The highest BCUT2D eigenvalue weighted by atomic mass is 32.2. The van der Waals surface area contributed by atoms with E-state index in [0.717, 1.165) is 5.52 Å². The minimum absolute atomic E-state index is 0.105. The van der Waals surface area contributed by atoms with Crippen molar-refractivity contribution >= 4 is 44.4 Å². The third-order valence-electron chi connectivity index (χ3n) is 5.00. The molecule has 2 aromatic carbocycles. The lowest BCUT2D eigenvalue weighted by Gasteiger charge is -2.18. The van der Waals surface area contributed by atoms with Gasteiger partial charge in [-0.2, -0.15) is 9.57 Å². The second kappa shape index (κ2) is 10.2. The van der Waals surface area contributed by atoms with E-state index >= 15 is 0 Å². The number of imidazole rings is 1. The maximum Gasteiger partial charge on any atom is 0.243 e. The molecular weight excluding hydrogens is 446 g/mol. The van der Waals surface area contributed by atoms with Crippen LogP contribution < -0.4 is 5.32 Å². The Kier molecular flexibility index (Phi) is 7.56. The van der Waals surface area contributed by atoms with Crippen LogP contribution in [-0.2, 0) is 21.4 Å². The molecular formula is C22H25N5O3S2. The number of fused-ring (bicyclic) bond motifs is 1. The maximum atomic E-state index is 12.9. The van der Waals surface area contributed by atoms with Crippen LogP contribution in [0.1, 0.15) is 26.3 Å². The van der Waals surface area contributed by atoms with E-state index < -0.39 is 10.0 Å². The second-order valence-electron chi connectivity index (χ2n) is 6.87. The third kappa shape index (κ3) is 4.80. The van der Waals surface area contributed by atoms with E-state index in [4.69, 9.17) is 5.26 Å². The number of nitriles is 1. The van der Waals surface area contributed by atoms with E-state index in [1.165, 1.54) is 16.1 Å². The summed E-state index contributed by atoms with van der Waals surface area (Å²) in [5.74, 6) is -0.148. The summed E-state index contributed by atoms with van der Waals surface area (Å²) in [7, 11) is -3.58. The lowest BCUT2D eigenvalue weighted by Crippen LogP contribution is -2.30. The number of aromatic nitrogens is 2. The number of rotatable bonds is 9. The van der Waals surface area contributed by atoms with Crippen molar-refractivity contribution in [2.24, 2.45) is 0 Å². The second-order valence-corrected chi connectivity index (χ2v) is 9.75. The molecule has 0 saturated carbocycles. The molecule has 32 heavy (non-hydrogen) atoms. The number of aryl methyl sites for hydroxylation is 1. The van der Waals surface area contributed by atoms with Crippen molar-refractivity contribution in [1.29, 1.82) is 5.26 Å². The number of carbonyl (C=O) groups excluding carboxylic acids is 1. The van der Waals surface area contributed by atoms with Gasteiger partial charge in [-0.1, -0.05) is 37.7 Å². The van der Waals surface area contributed by atoms with Crippen LogP contribution in [0, 0.1) is 11.3 Å². The molecule has 3 aromatic rings. The van der Waals surface area contributed by atoms with Crippen molar-refractivity contribution in [2.75, 3.05) is 24.2 Å². The van der Waals surface area contributed by atoms with Crippen LogP contribution in [0.3, 0.4) is 0 Å². The van der Waals surface area contributed by atoms with Crippen LogP contribution in [0.25, 0.3) is 11.0 Å². The van der Waals surface area contributed by atoms with E-state index in [9.17, 15) is 13.2 Å². The van der Waals surface area contributed by atoms with E-state index in [2.05, 4.69) is 16.4 Å². The number of nitrogens with zero attached hydrogens (tertiary/aromatic N) is 4. The molecule has 1 N–H and O–H groups in total. The summed E-state index contributed by atoms with van der Waals surface area (Å²) < 4.78 is 29.1. The van der Waals surface area contributed by atoms with E-state index in [1.54, 1.807) is 56.3 Å². The molecule has 0 fully saturated rings. The van der Waals surface area contributed by atoms with Crippen LogP contribution in [-0.4, -0.2) is 47.0 Å². The van der Waals surface area contributed by atoms with Gasteiger partial charge >= 0.3 is 0 Å². The fraction of sp³-hybridized carbons (Fsp3) is 0.318. The monoisotopic (exact) mass is 471 g/mol. The summed E-state index contributed by atoms with van der Waals surface area (Å²) in [4.78, 5) is 17.2. The Morgan fingerprint density at radius 2 is 1.91 bits per heavy atom. The van der Waals surface area contributed by atoms with Gasteiger partial charge in [0.1, 0.15) is 6.07 Å². The van der Waals surface area contributed by atoms with E-state index in [0.29, 0.717) is 41.6 Å². The van der Waals surface area contributed by atoms with Crippen molar-refractivity contribution in [2.45, 2.75) is 37.4 Å². The van der Waals surface area contributed by atoms with Crippen LogP contribution in [0.5, 0.6) is 0 Å². The summed E-state index contributed by atoms with van der Waals surface area (Å²) in [6, 6.07) is 13.8. The molecule has 1 aromatic heterocycles. The molecule has 10 heteroatoms. The van der Waals surface area contributed by atoms with Gasteiger partial charge in [-0.05, 0) is 37.3 Å². The normalized spacial score (nSPS) is 11.6. The highest BCUT2D eigenvalue weighted by Crippen LogP contribution is 2.27. The summed E-state index contributed by atoms with van der Waals surface area (Å²) in [5, 5.41) is 12.5. The number of hydrogen-bond acceptors (Lipinski definition) is 6. The minimum Gasteiger partial charge on any atom is -0.324 e. The summed E-state index contributed by atoms with van der Waals surface area (Å²) in [5.41, 5.74) is 2.24. The Hall–Kier alpha value is -2.87. The Morgan fingerprint density at radius 1 is 1.19 bits per heavy atom. The molecule has 0 saturated heterocycles.